The summed E-state index contributed by atoms with van der Waals surface area (Å²) in [6.45, 7) is 3.97. The van der Waals surface area contributed by atoms with Crippen molar-refractivity contribution in [3.63, 3.8) is 0 Å². The highest BCUT2D eigenvalue weighted by Crippen LogP contribution is 2.00. The van der Waals surface area contributed by atoms with Gasteiger partial charge in [0, 0.05) is 19.8 Å². The molecule has 0 fully saturated rings. The summed E-state index contributed by atoms with van der Waals surface area (Å²) in [5.41, 5.74) is 2.09. The summed E-state index contributed by atoms with van der Waals surface area (Å²) in [5, 5.41) is 7.25. The molecular weight excluding hydrogens is 152 g/mol. The summed E-state index contributed by atoms with van der Waals surface area (Å²) in [5.74, 6) is 0.764. The van der Waals surface area contributed by atoms with Gasteiger partial charge in [0.1, 0.15) is 0 Å². The average molecular weight is 166 g/mol. The maximum absolute atomic E-state index is 4.28. The van der Waals surface area contributed by atoms with E-state index < -0.39 is 0 Å². The van der Waals surface area contributed by atoms with Crippen LogP contribution in [0.5, 0.6) is 0 Å². The summed E-state index contributed by atoms with van der Waals surface area (Å²) in [4.78, 5) is 4.06. The topological polar surface area (TPSA) is 42.2 Å². The zero-order valence-electron chi connectivity index (χ0n) is 7.92. The molecule has 1 N–H and O–H groups in total. The Morgan fingerprint density at radius 2 is 2.25 bits per heavy atom. The number of aryl methyl sites for hydroxylation is 2. The largest absolute Gasteiger partial charge is 0.358 e. The zero-order valence-corrected chi connectivity index (χ0v) is 7.92. The number of aliphatic imine (C=N–C) groups is 1. The van der Waals surface area contributed by atoms with Crippen molar-refractivity contribution in [1.29, 1.82) is 0 Å². The minimum absolute atomic E-state index is 0.764. The lowest BCUT2D eigenvalue weighted by Gasteiger charge is -2.05. The van der Waals surface area contributed by atoms with E-state index in [4.69, 9.17) is 0 Å². The average Bonchev–Trinajstić information content (AvgIpc) is 2.34. The standard InChI is InChI=1S/C8H14N4/c1-6-5-7(2)12(11-6)8(9-3)10-4/h5H,1-4H3,(H,9,10). The minimum atomic E-state index is 0.764. The molecule has 1 rings (SSSR count). The second-order valence-corrected chi connectivity index (χ2v) is 2.64. The molecule has 0 spiro atoms. The quantitative estimate of drug-likeness (QED) is 0.452. The van der Waals surface area contributed by atoms with Crippen LogP contribution in [-0.2, 0) is 0 Å². The second kappa shape index (κ2) is 3.38. The van der Waals surface area contributed by atoms with Crippen molar-refractivity contribution in [1.82, 2.24) is 15.1 Å². The maximum atomic E-state index is 4.28. The Bertz CT molecular complexity index is 298. The third-order valence-corrected chi connectivity index (χ3v) is 1.65. The lowest BCUT2D eigenvalue weighted by atomic mass is 10.4. The van der Waals surface area contributed by atoms with Gasteiger partial charge in [0.15, 0.2) is 0 Å². The molecule has 0 unspecified atom stereocenters. The fraction of sp³-hybridized carbons (Fsp3) is 0.500. The van der Waals surface area contributed by atoms with Crippen LogP contribution in [-0.4, -0.2) is 29.8 Å². The third kappa shape index (κ3) is 1.47. The van der Waals surface area contributed by atoms with Crippen molar-refractivity contribution >= 4 is 5.96 Å². The van der Waals surface area contributed by atoms with Crippen LogP contribution < -0.4 is 5.32 Å². The van der Waals surface area contributed by atoms with Crippen LogP contribution in [0.25, 0.3) is 0 Å². The van der Waals surface area contributed by atoms with E-state index in [9.17, 15) is 0 Å². The Morgan fingerprint density at radius 3 is 2.58 bits per heavy atom. The van der Waals surface area contributed by atoms with Gasteiger partial charge in [-0.05, 0) is 19.9 Å². The van der Waals surface area contributed by atoms with E-state index in [0.29, 0.717) is 0 Å². The van der Waals surface area contributed by atoms with Crippen molar-refractivity contribution in [2.24, 2.45) is 4.99 Å². The Kier molecular flexibility index (Phi) is 2.47. The summed E-state index contributed by atoms with van der Waals surface area (Å²) in [6, 6.07) is 2.02. The van der Waals surface area contributed by atoms with Gasteiger partial charge in [0.05, 0.1) is 5.69 Å². The lowest BCUT2D eigenvalue weighted by Crippen LogP contribution is -2.28. The predicted octanol–water partition coefficient (Wildman–Crippen LogP) is 0.553. The molecule has 0 aliphatic heterocycles. The molecule has 12 heavy (non-hydrogen) atoms. The van der Waals surface area contributed by atoms with Crippen molar-refractivity contribution in [2.45, 2.75) is 13.8 Å². The smallest absolute Gasteiger partial charge is 0.218 e. The lowest BCUT2D eigenvalue weighted by molar-refractivity contribution is 0.835. The Hall–Kier alpha value is -1.32. The molecule has 1 aromatic heterocycles. The molecule has 0 amide bonds. The Labute approximate surface area is 72.3 Å². The number of hydrogen-bond acceptors (Lipinski definition) is 2. The predicted molar refractivity (Wildman–Crippen MR) is 49.5 cm³/mol. The van der Waals surface area contributed by atoms with Crippen molar-refractivity contribution in [3.8, 4) is 0 Å². The minimum Gasteiger partial charge on any atom is -0.358 e. The van der Waals surface area contributed by atoms with Gasteiger partial charge in [0.25, 0.3) is 0 Å². The van der Waals surface area contributed by atoms with Gasteiger partial charge in [-0.3, -0.25) is 4.99 Å². The molecule has 0 saturated heterocycles. The maximum Gasteiger partial charge on any atom is 0.218 e. The molecule has 0 aliphatic carbocycles. The first-order chi connectivity index (χ1) is 5.69. The molecule has 66 valence electrons. The Balaban J connectivity index is 3.09. The molecule has 0 saturated carbocycles. The van der Waals surface area contributed by atoms with E-state index in [2.05, 4.69) is 15.4 Å². The van der Waals surface area contributed by atoms with Crippen LogP contribution in [0, 0.1) is 13.8 Å². The molecule has 0 aromatic carbocycles. The monoisotopic (exact) mass is 166 g/mol. The van der Waals surface area contributed by atoms with Crippen LogP contribution in [0.3, 0.4) is 0 Å². The van der Waals surface area contributed by atoms with Crippen LogP contribution >= 0.6 is 0 Å². The highest BCUT2D eigenvalue weighted by atomic mass is 15.4. The van der Waals surface area contributed by atoms with Gasteiger partial charge in [-0.15, -0.1) is 0 Å². The summed E-state index contributed by atoms with van der Waals surface area (Å²) < 4.78 is 1.79. The van der Waals surface area contributed by atoms with Crippen LogP contribution in [0.2, 0.25) is 0 Å². The van der Waals surface area contributed by atoms with Gasteiger partial charge in [-0.1, -0.05) is 0 Å². The summed E-state index contributed by atoms with van der Waals surface area (Å²) in [6.07, 6.45) is 0. The Morgan fingerprint density at radius 1 is 1.58 bits per heavy atom. The molecule has 0 aliphatic rings. The van der Waals surface area contributed by atoms with Gasteiger partial charge in [0.2, 0.25) is 5.96 Å². The molecule has 0 radical (unpaired) electrons. The van der Waals surface area contributed by atoms with Gasteiger partial charge < -0.3 is 5.32 Å². The summed E-state index contributed by atoms with van der Waals surface area (Å²) in [7, 11) is 3.57. The van der Waals surface area contributed by atoms with Gasteiger partial charge in [-0.25, -0.2) is 4.68 Å². The molecule has 4 nitrogen and oxygen atoms in total. The highest BCUT2D eigenvalue weighted by molar-refractivity contribution is 5.81. The van der Waals surface area contributed by atoms with E-state index in [0.717, 1.165) is 17.3 Å². The molecule has 0 bridgehead atoms. The SMILES string of the molecule is C/N=C(/NC)n1nc(C)cc1C. The van der Waals surface area contributed by atoms with Crippen molar-refractivity contribution < 1.29 is 0 Å². The number of rotatable bonds is 0. The zero-order chi connectivity index (χ0) is 9.14. The van der Waals surface area contributed by atoms with Crippen molar-refractivity contribution in [3.05, 3.63) is 17.5 Å². The van der Waals surface area contributed by atoms with Gasteiger partial charge >= 0.3 is 0 Å². The number of aromatic nitrogens is 2. The number of hydrogen-bond donors (Lipinski definition) is 1. The number of nitrogens with zero attached hydrogens (tertiary/aromatic N) is 3. The third-order valence-electron chi connectivity index (χ3n) is 1.65. The molecule has 1 aromatic rings. The molecule has 0 atom stereocenters. The second-order valence-electron chi connectivity index (χ2n) is 2.64. The van der Waals surface area contributed by atoms with Crippen LogP contribution in [0.4, 0.5) is 0 Å². The fourth-order valence-corrected chi connectivity index (χ4v) is 1.16. The van der Waals surface area contributed by atoms with E-state index >= 15 is 0 Å². The van der Waals surface area contributed by atoms with E-state index in [1.807, 2.05) is 27.0 Å². The van der Waals surface area contributed by atoms with Crippen LogP contribution in [0.15, 0.2) is 11.1 Å². The normalized spacial score (nSPS) is 11.8. The first-order valence-corrected chi connectivity index (χ1v) is 3.87. The van der Waals surface area contributed by atoms with Crippen molar-refractivity contribution in [2.75, 3.05) is 14.1 Å². The van der Waals surface area contributed by atoms with Crippen LogP contribution in [0.1, 0.15) is 11.4 Å². The number of nitrogens with one attached hydrogen (secondary N) is 1. The molecule has 1 heterocycles. The van der Waals surface area contributed by atoms with Gasteiger partial charge in [-0.2, -0.15) is 5.10 Å². The van der Waals surface area contributed by atoms with E-state index in [1.165, 1.54) is 0 Å². The van der Waals surface area contributed by atoms with E-state index in [-0.39, 0.29) is 0 Å². The summed E-state index contributed by atoms with van der Waals surface area (Å²) >= 11 is 0. The van der Waals surface area contributed by atoms with E-state index in [1.54, 1.807) is 11.7 Å². The fourth-order valence-electron chi connectivity index (χ4n) is 1.16. The first-order valence-electron chi connectivity index (χ1n) is 3.87. The molecular formula is C8H14N4. The highest BCUT2D eigenvalue weighted by Gasteiger charge is 2.04. The molecule has 4 heteroatoms. The first kappa shape index (κ1) is 8.77.